The van der Waals surface area contributed by atoms with Crippen molar-refractivity contribution in [2.24, 2.45) is 14.1 Å². The minimum atomic E-state index is -0.629. The molecule has 3 rings (SSSR count). The SMILES string of the molecule is CC1=CC(=O)c2c(c(C)nc3c2c(=O)n(C)c(=O)n3C)C1=O. The van der Waals surface area contributed by atoms with Gasteiger partial charge in [0.2, 0.25) is 0 Å². The number of nitrogens with zero attached hydrogens (tertiary/aromatic N) is 3. The molecule has 22 heavy (non-hydrogen) atoms. The molecular weight excluding hydrogens is 286 g/mol. The summed E-state index contributed by atoms with van der Waals surface area (Å²) in [6.45, 7) is 3.13. The number of pyridine rings is 1. The molecule has 7 heteroatoms. The van der Waals surface area contributed by atoms with Crippen LogP contribution in [0.2, 0.25) is 0 Å². The fraction of sp³-hybridized carbons (Fsp3) is 0.267. The second kappa shape index (κ2) is 4.33. The molecule has 0 bridgehead atoms. The van der Waals surface area contributed by atoms with Gasteiger partial charge in [-0.3, -0.25) is 23.5 Å². The number of ketones is 2. The summed E-state index contributed by atoms with van der Waals surface area (Å²) in [6, 6.07) is 0. The third-order valence-electron chi connectivity index (χ3n) is 3.95. The summed E-state index contributed by atoms with van der Waals surface area (Å²) in [5, 5.41) is 0.00676. The topological polar surface area (TPSA) is 91.0 Å². The van der Waals surface area contributed by atoms with E-state index in [1.807, 2.05) is 0 Å². The fourth-order valence-electron chi connectivity index (χ4n) is 2.76. The van der Waals surface area contributed by atoms with E-state index in [4.69, 9.17) is 0 Å². The van der Waals surface area contributed by atoms with Crippen LogP contribution in [0.15, 0.2) is 21.2 Å². The molecular formula is C15H13N3O4. The summed E-state index contributed by atoms with van der Waals surface area (Å²) in [7, 11) is 2.80. The fourth-order valence-corrected chi connectivity index (χ4v) is 2.76. The lowest BCUT2D eigenvalue weighted by atomic mass is 9.88. The van der Waals surface area contributed by atoms with E-state index >= 15 is 0 Å². The molecule has 0 saturated carbocycles. The molecule has 0 N–H and O–H groups in total. The van der Waals surface area contributed by atoms with E-state index in [-0.39, 0.29) is 27.9 Å². The minimum Gasteiger partial charge on any atom is -0.289 e. The zero-order valence-corrected chi connectivity index (χ0v) is 12.6. The van der Waals surface area contributed by atoms with Gasteiger partial charge in [-0.2, -0.15) is 0 Å². The normalized spacial score (nSPS) is 14.3. The van der Waals surface area contributed by atoms with Crippen molar-refractivity contribution in [2.75, 3.05) is 0 Å². The third-order valence-corrected chi connectivity index (χ3v) is 3.95. The van der Waals surface area contributed by atoms with E-state index in [0.717, 1.165) is 4.57 Å². The van der Waals surface area contributed by atoms with Gasteiger partial charge in [-0.15, -0.1) is 0 Å². The molecule has 7 nitrogen and oxygen atoms in total. The molecule has 1 aliphatic carbocycles. The van der Waals surface area contributed by atoms with Crippen LogP contribution in [0, 0.1) is 6.92 Å². The highest BCUT2D eigenvalue weighted by Gasteiger charge is 2.30. The second-order valence-corrected chi connectivity index (χ2v) is 5.37. The average molecular weight is 299 g/mol. The smallest absolute Gasteiger partial charge is 0.289 e. The monoisotopic (exact) mass is 299 g/mol. The van der Waals surface area contributed by atoms with Crippen molar-refractivity contribution >= 4 is 22.6 Å². The van der Waals surface area contributed by atoms with Gasteiger partial charge in [0.1, 0.15) is 5.65 Å². The molecule has 0 radical (unpaired) electrons. The van der Waals surface area contributed by atoms with Gasteiger partial charge in [0, 0.05) is 19.7 Å². The standard InChI is InChI=1S/C15H13N3O4/c1-6-5-8(19)10-9(12(6)20)7(2)16-13-11(10)14(21)18(4)15(22)17(13)3/h5H,1-4H3. The maximum atomic E-state index is 12.4. The number of hydrogen-bond acceptors (Lipinski definition) is 5. The van der Waals surface area contributed by atoms with E-state index in [0.29, 0.717) is 11.3 Å². The number of rotatable bonds is 0. The van der Waals surface area contributed by atoms with Gasteiger partial charge in [0.15, 0.2) is 11.6 Å². The van der Waals surface area contributed by atoms with Crippen LogP contribution >= 0.6 is 0 Å². The highest BCUT2D eigenvalue weighted by Crippen LogP contribution is 2.27. The summed E-state index contributed by atoms with van der Waals surface area (Å²) in [6.07, 6.45) is 1.22. The maximum Gasteiger partial charge on any atom is 0.332 e. The number of hydrogen-bond donors (Lipinski definition) is 0. The van der Waals surface area contributed by atoms with E-state index in [2.05, 4.69) is 4.98 Å². The predicted octanol–water partition coefficient (Wildman–Crippen LogP) is 0.266. The molecule has 0 atom stereocenters. The first kappa shape index (κ1) is 14.1. The molecule has 0 aromatic carbocycles. The molecule has 0 unspecified atom stereocenters. The van der Waals surface area contributed by atoms with Crippen LogP contribution < -0.4 is 11.2 Å². The van der Waals surface area contributed by atoms with Gasteiger partial charge in [-0.05, 0) is 19.9 Å². The average Bonchev–Trinajstić information content (AvgIpc) is 2.47. The number of carbonyl (C=O) groups excluding carboxylic acids is 2. The lowest BCUT2D eigenvalue weighted by Gasteiger charge is -2.18. The first-order chi connectivity index (χ1) is 10.3. The van der Waals surface area contributed by atoms with Crippen molar-refractivity contribution in [1.29, 1.82) is 0 Å². The number of aryl methyl sites for hydroxylation is 2. The van der Waals surface area contributed by atoms with E-state index in [1.54, 1.807) is 13.8 Å². The Morgan fingerprint density at radius 3 is 2.23 bits per heavy atom. The van der Waals surface area contributed by atoms with Crippen molar-refractivity contribution in [1.82, 2.24) is 14.1 Å². The minimum absolute atomic E-state index is 0.00676. The van der Waals surface area contributed by atoms with Crippen molar-refractivity contribution in [3.8, 4) is 0 Å². The van der Waals surface area contributed by atoms with Gasteiger partial charge in [0.25, 0.3) is 5.56 Å². The first-order valence-electron chi connectivity index (χ1n) is 6.63. The number of aromatic nitrogens is 3. The Morgan fingerprint density at radius 1 is 0.955 bits per heavy atom. The van der Waals surface area contributed by atoms with Gasteiger partial charge in [-0.25, -0.2) is 9.78 Å². The Balaban J connectivity index is 2.69. The lowest BCUT2D eigenvalue weighted by Crippen LogP contribution is -2.38. The molecule has 0 aliphatic heterocycles. The molecule has 1 aliphatic rings. The molecule has 0 amide bonds. The quantitative estimate of drug-likeness (QED) is 0.696. The summed E-state index contributed by atoms with van der Waals surface area (Å²) in [4.78, 5) is 53.4. The van der Waals surface area contributed by atoms with Crippen molar-refractivity contribution < 1.29 is 9.59 Å². The summed E-state index contributed by atoms with van der Waals surface area (Å²) >= 11 is 0. The Labute approximate surface area is 124 Å². The Morgan fingerprint density at radius 2 is 1.59 bits per heavy atom. The predicted molar refractivity (Wildman–Crippen MR) is 79.4 cm³/mol. The van der Waals surface area contributed by atoms with Crippen molar-refractivity contribution in [2.45, 2.75) is 13.8 Å². The van der Waals surface area contributed by atoms with Crippen LogP contribution in [-0.2, 0) is 14.1 Å². The third kappa shape index (κ3) is 1.59. The second-order valence-electron chi connectivity index (χ2n) is 5.37. The van der Waals surface area contributed by atoms with Gasteiger partial charge >= 0.3 is 5.69 Å². The number of Topliss-reactive ketones (excluding diaryl/α,β-unsaturated/α-hetero) is 1. The van der Waals surface area contributed by atoms with Crippen molar-refractivity contribution in [3.63, 3.8) is 0 Å². The van der Waals surface area contributed by atoms with Crippen LogP contribution in [0.25, 0.3) is 11.0 Å². The summed E-state index contributed by atoms with van der Waals surface area (Å²) in [5.41, 5.74) is -0.234. The van der Waals surface area contributed by atoms with Crippen LogP contribution in [-0.4, -0.2) is 25.7 Å². The molecule has 0 fully saturated rings. The lowest BCUT2D eigenvalue weighted by molar-refractivity contribution is 0.0984. The van der Waals surface area contributed by atoms with Gasteiger partial charge in [0.05, 0.1) is 22.2 Å². The molecule has 2 heterocycles. The van der Waals surface area contributed by atoms with Crippen LogP contribution in [0.4, 0.5) is 0 Å². The highest BCUT2D eigenvalue weighted by molar-refractivity contribution is 6.28. The molecule has 0 saturated heterocycles. The number of fused-ring (bicyclic) bond motifs is 3. The number of carbonyl (C=O) groups is 2. The Kier molecular flexibility index (Phi) is 2.78. The Bertz CT molecular complexity index is 1040. The Hall–Kier alpha value is -2.83. The summed E-state index contributed by atoms with van der Waals surface area (Å²) in [5.74, 6) is -0.740. The van der Waals surface area contributed by atoms with E-state index < -0.39 is 17.0 Å². The van der Waals surface area contributed by atoms with Crippen molar-refractivity contribution in [3.05, 3.63) is 49.3 Å². The molecule has 2 aromatic rings. The van der Waals surface area contributed by atoms with Gasteiger partial charge in [-0.1, -0.05) is 0 Å². The maximum absolute atomic E-state index is 12.4. The summed E-state index contributed by atoms with van der Waals surface area (Å²) < 4.78 is 2.11. The first-order valence-corrected chi connectivity index (χ1v) is 6.63. The van der Waals surface area contributed by atoms with E-state index in [9.17, 15) is 19.2 Å². The molecule has 0 spiro atoms. The zero-order valence-electron chi connectivity index (χ0n) is 12.6. The molecule has 112 valence electrons. The van der Waals surface area contributed by atoms with Gasteiger partial charge < -0.3 is 0 Å². The largest absolute Gasteiger partial charge is 0.332 e. The highest BCUT2D eigenvalue weighted by atomic mass is 16.2. The number of allylic oxidation sites excluding steroid dienone is 2. The van der Waals surface area contributed by atoms with Crippen LogP contribution in [0.3, 0.4) is 0 Å². The zero-order chi connectivity index (χ0) is 16.3. The van der Waals surface area contributed by atoms with Crippen LogP contribution in [0.1, 0.15) is 33.3 Å². The molecule has 2 aromatic heterocycles. The van der Waals surface area contributed by atoms with E-state index in [1.165, 1.54) is 24.7 Å². The van der Waals surface area contributed by atoms with Crippen LogP contribution in [0.5, 0.6) is 0 Å².